The zero-order valence-corrected chi connectivity index (χ0v) is 15.0. The van der Waals surface area contributed by atoms with E-state index in [0.717, 1.165) is 57.6 Å². The van der Waals surface area contributed by atoms with Crippen LogP contribution in [0.2, 0.25) is 0 Å². The molecule has 2 atom stereocenters. The molecule has 0 spiro atoms. The molecule has 0 N–H and O–H groups in total. The monoisotopic (exact) mass is 332 g/mol. The Bertz CT molecular complexity index is 625. The number of hydrogen-bond acceptors (Lipinski definition) is 3. The van der Waals surface area contributed by atoms with Crippen molar-refractivity contribution in [3.8, 4) is 0 Å². The third kappa shape index (κ3) is 3.19. The molecule has 1 aromatic rings. The number of likely N-dealkylation sites (tertiary alicyclic amines) is 2. The first-order valence-electron chi connectivity index (χ1n) is 9.11. The van der Waals surface area contributed by atoms with Crippen LogP contribution in [0, 0.1) is 12.8 Å². The van der Waals surface area contributed by atoms with Crippen LogP contribution in [0.4, 0.5) is 0 Å². The summed E-state index contributed by atoms with van der Waals surface area (Å²) in [6.45, 7) is 8.70. The molecule has 2 amide bonds. The van der Waals surface area contributed by atoms with Crippen molar-refractivity contribution in [1.29, 1.82) is 0 Å². The second-order valence-electron chi connectivity index (χ2n) is 7.06. The van der Waals surface area contributed by atoms with Crippen LogP contribution in [-0.4, -0.2) is 57.1 Å². The van der Waals surface area contributed by atoms with E-state index in [1.54, 1.807) is 6.92 Å². The summed E-state index contributed by atoms with van der Waals surface area (Å²) in [5.74, 6) is 0.659. The highest BCUT2D eigenvalue weighted by molar-refractivity contribution is 5.95. The van der Waals surface area contributed by atoms with Crippen molar-refractivity contribution in [2.45, 2.75) is 59.0 Å². The predicted octanol–water partition coefficient (Wildman–Crippen LogP) is 2.07. The molecule has 0 saturated carbocycles. The summed E-state index contributed by atoms with van der Waals surface area (Å²) >= 11 is 0. The number of amides is 2. The van der Waals surface area contributed by atoms with Gasteiger partial charge in [0.15, 0.2) is 0 Å². The number of aryl methyl sites for hydroxylation is 2. The lowest BCUT2D eigenvalue weighted by molar-refractivity contribution is -0.132. The number of rotatable bonds is 2. The minimum Gasteiger partial charge on any atom is -0.340 e. The molecule has 0 bridgehead atoms. The lowest BCUT2D eigenvalue weighted by Gasteiger charge is -2.42. The van der Waals surface area contributed by atoms with Gasteiger partial charge in [-0.15, -0.1) is 0 Å². The molecule has 0 aliphatic carbocycles. The van der Waals surface area contributed by atoms with Gasteiger partial charge in [0.05, 0.1) is 11.3 Å². The van der Waals surface area contributed by atoms with Crippen molar-refractivity contribution in [2.75, 3.05) is 19.6 Å². The van der Waals surface area contributed by atoms with E-state index in [9.17, 15) is 9.59 Å². The molecule has 24 heavy (non-hydrogen) atoms. The van der Waals surface area contributed by atoms with Gasteiger partial charge in [-0.2, -0.15) is 5.10 Å². The van der Waals surface area contributed by atoms with E-state index in [4.69, 9.17) is 0 Å². The van der Waals surface area contributed by atoms with Gasteiger partial charge in [0.1, 0.15) is 0 Å². The third-order valence-electron chi connectivity index (χ3n) is 5.51. The average molecular weight is 332 g/mol. The molecule has 2 fully saturated rings. The number of fused-ring (bicyclic) bond motifs is 1. The van der Waals surface area contributed by atoms with Gasteiger partial charge >= 0.3 is 0 Å². The molecule has 2 aliphatic heterocycles. The topological polar surface area (TPSA) is 58.4 Å². The van der Waals surface area contributed by atoms with Crippen LogP contribution in [0.15, 0.2) is 6.20 Å². The SMILES string of the molecule is CCn1cc(C(=O)N2CC[C@@H]3[C@@H](CCCCN3C(C)=O)C2)c(C)n1. The zero-order chi connectivity index (χ0) is 17.3. The highest BCUT2D eigenvalue weighted by Crippen LogP contribution is 2.30. The van der Waals surface area contributed by atoms with Gasteiger partial charge in [-0.3, -0.25) is 14.3 Å². The Hall–Kier alpha value is -1.85. The molecule has 1 aromatic heterocycles. The molecule has 6 heteroatoms. The molecule has 132 valence electrons. The number of carbonyl (C=O) groups is 2. The van der Waals surface area contributed by atoms with Crippen molar-refractivity contribution in [2.24, 2.45) is 5.92 Å². The zero-order valence-electron chi connectivity index (χ0n) is 15.0. The number of hydrogen-bond donors (Lipinski definition) is 0. The van der Waals surface area contributed by atoms with Crippen molar-refractivity contribution >= 4 is 11.8 Å². The summed E-state index contributed by atoms with van der Waals surface area (Å²) in [6, 6.07) is 0.300. The van der Waals surface area contributed by atoms with E-state index in [-0.39, 0.29) is 11.8 Å². The van der Waals surface area contributed by atoms with E-state index in [1.165, 1.54) is 0 Å². The summed E-state index contributed by atoms with van der Waals surface area (Å²) in [5.41, 5.74) is 1.52. The van der Waals surface area contributed by atoms with Crippen LogP contribution in [0.3, 0.4) is 0 Å². The van der Waals surface area contributed by atoms with Crippen molar-refractivity contribution in [3.05, 3.63) is 17.5 Å². The second-order valence-corrected chi connectivity index (χ2v) is 7.06. The summed E-state index contributed by atoms with van der Waals surface area (Å²) in [4.78, 5) is 28.9. The van der Waals surface area contributed by atoms with Crippen molar-refractivity contribution in [3.63, 3.8) is 0 Å². The fourth-order valence-corrected chi connectivity index (χ4v) is 4.20. The van der Waals surface area contributed by atoms with Crippen LogP contribution < -0.4 is 0 Å². The standard InChI is InChI=1S/C18H28N4O2/c1-4-21-12-16(13(2)19-21)18(24)20-10-8-17-15(11-20)7-5-6-9-22(17)14(3)23/h12,15,17H,4-11H2,1-3H3/t15-,17+/m0/s1. The summed E-state index contributed by atoms with van der Waals surface area (Å²) in [6.07, 6.45) is 6.06. The summed E-state index contributed by atoms with van der Waals surface area (Å²) in [5, 5.41) is 4.39. The predicted molar refractivity (Wildman–Crippen MR) is 91.7 cm³/mol. The van der Waals surface area contributed by atoms with Gasteiger partial charge in [0.2, 0.25) is 5.91 Å². The fraction of sp³-hybridized carbons (Fsp3) is 0.722. The Labute approximate surface area is 143 Å². The lowest BCUT2D eigenvalue weighted by atomic mass is 9.88. The van der Waals surface area contributed by atoms with E-state index < -0.39 is 0 Å². The quantitative estimate of drug-likeness (QED) is 0.833. The smallest absolute Gasteiger partial charge is 0.257 e. The van der Waals surface area contributed by atoms with Crippen LogP contribution in [0.25, 0.3) is 0 Å². The molecular weight excluding hydrogens is 304 g/mol. The molecule has 0 aromatic carbocycles. The summed E-state index contributed by atoms with van der Waals surface area (Å²) < 4.78 is 1.82. The molecule has 3 heterocycles. The minimum absolute atomic E-state index is 0.0873. The maximum absolute atomic E-state index is 12.9. The molecule has 0 radical (unpaired) electrons. The number of piperidine rings is 1. The lowest BCUT2D eigenvalue weighted by Crippen LogP contribution is -2.53. The van der Waals surface area contributed by atoms with Gasteiger partial charge in [0, 0.05) is 45.3 Å². The van der Waals surface area contributed by atoms with Gasteiger partial charge in [-0.05, 0) is 39.0 Å². The third-order valence-corrected chi connectivity index (χ3v) is 5.51. The largest absolute Gasteiger partial charge is 0.340 e. The number of nitrogens with zero attached hydrogens (tertiary/aromatic N) is 4. The van der Waals surface area contributed by atoms with Crippen molar-refractivity contribution < 1.29 is 9.59 Å². The van der Waals surface area contributed by atoms with Gasteiger partial charge in [-0.1, -0.05) is 6.42 Å². The van der Waals surface area contributed by atoms with E-state index in [1.807, 2.05) is 34.5 Å². The highest BCUT2D eigenvalue weighted by Gasteiger charge is 2.37. The molecular formula is C18H28N4O2. The normalized spacial score (nSPS) is 24.5. The van der Waals surface area contributed by atoms with Crippen LogP contribution in [0.5, 0.6) is 0 Å². The highest BCUT2D eigenvalue weighted by atomic mass is 16.2. The van der Waals surface area contributed by atoms with Crippen molar-refractivity contribution in [1.82, 2.24) is 19.6 Å². The molecule has 6 nitrogen and oxygen atoms in total. The molecule has 2 saturated heterocycles. The van der Waals surface area contributed by atoms with E-state index >= 15 is 0 Å². The van der Waals surface area contributed by atoms with Gasteiger partial charge in [-0.25, -0.2) is 0 Å². The van der Waals surface area contributed by atoms with E-state index in [2.05, 4.69) is 5.10 Å². The van der Waals surface area contributed by atoms with Gasteiger partial charge < -0.3 is 9.80 Å². The van der Waals surface area contributed by atoms with Crippen LogP contribution >= 0.6 is 0 Å². The average Bonchev–Trinajstić information content (AvgIpc) is 2.81. The summed E-state index contributed by atoms with van der Waals surface area (Å²) in [7, 11) is 0. The molecule has 3 rings (SSSR count). The fourth-order valence-electron chi connectivity index (χ4n) is 4.20. The Balaban J connectivity index is 1.75. The Morgan fingerprint density at radius 3 is 2.71 bits per heavy atom. The molecule has 2 aliphatic rings. The van der Waals surface area contributed by atoms with Crippen LogP contribution in [-0.2, 0) is 11.3 Å². The van der Waals surface area contributed by atoms with Gasteiger partial charge in [0.25, 0.3) is 5.91 Å². The first-order valence-corrected chi connectivity index (χ1v) is 9.11. The minimum atomic E-state index is 0.0873. The number of aromatic nitrogens is 2. The van der Waals surface area contributed by atoms with Crippen LogP contribution in [0.1, 0.15) is 55.6 Å². The Morgan fingerprint density at radius 2 is 2.04 bits per heavy atom. The Kier molecular flexibility index (Phi) is 4.92. The first kappa shape index (κ1) is 17.0. The van der Waals surface area contributed by atoms with E-state index in [0.29, 0.717) is 17.5 Å². The second kappa shape index (κ2) is 6.95. The Morgan fingerprint density at radius 1 is 1.25 bits per heavy atom. The number of carbonyl (C=O) groups excluding carboxylic acids is 2. The molecule has 0 unspecified atom stereocenters. The first-order chi connectivity index (χ1) is 11.5. The maximum Gasteiger partial charge on any atom is 0.257 e. The maximum atomic E-state index is 12.9.